The molecule has 1 fully saturated rings. The molecule has 35 heavy (non-hydrogen) atoms. The van der Waals surface area contributed by atoms with E-state index in [1.54, 1.807) is 6.07 Å². The summed E-state index contributed by atoms with van der Waals surface area (Å²) >= 11 is 0. The van der Waals surface area contributed by atoms with Crippen LogP contribution < -0.4 is 5.32 Å². The number of halogens is 3. The molecule has 2 unspecified atom stereocenters. The molecule has 0 bridgehead atoms. The molecule has 6 heteroatoms. The van der Waals surface area contributed by atoms with Crippen molar-refractivity contribution in [2.45, 2.75) is 83.6 Å². The van der Waals surface area contributed by atoms with Crippen molar-refractivity contribution in [3.63, 3.8) is 0 Å². The molecule has 1 saturated carbocycles. The lowest BCUT2D eigenvalue weighted by Crippen LogP contribution is -2.48. The van der Waals surface area contributed by atoms with E-state index in [-0.39, 0.29) is 24.4 Å². The molecule has 1 N–H and O–H groups in total. The van der Waals surface area contributed by atoms with Crippen LogP contribution in [0.15, 0.2) is 42.5 Å². The predicted octanol–water partition coefficient (Wildman–Crippen LogP) is 6.62. The summed E-state index contributed by atoms with van der Waals surface area (Å²) in [6.07, 6.45) is -0.158. The second kappa shape index (κ2) is 8.95. The van der Waals surface area contributed by atoms with E-state index in [0.29, 0.717) is 30.5 Å². The number of carbonyl (C=O) groups excluding carboxylic acids is 1. The molecule has 0 saturated heterocycles. The van der Waals surface area contributed by atoms with Crippen LogP contribution in [0.2, 0.25) is 0 Å². The topological polar surface area (TPSA) is 32.3 Å². The van der Waals surface area contributed by atoms with Crippen molar-refractivity contribution in [2.24, 2.45) is 11.3 Å². The van der Waals surface area contributed by atoms with E-state index in [0.717, 1.165) is 37.3 Å². The highest BCUT2D eigenvalue weighted by Gasteiger charge is 2.50. The number of nitrogens with one attached hydrogen (secondary N) is 1. The summed E-state index contributed by atoms with van der Waals surface area (Å²) in [5, 5.41) is 3.88. The van der Waals surface area contributed by atoms with Crippen LogP contribution >= 0.6 is 0 Å². The third-order valence-corrected chi connectivity index (χ3v) is 8.84. The summed E-state index contributed by atoms with van der Waals surface area (Å²) in [4.78, 5) is 15.8. The molecule has 0 radical (unpaired) electrons. The Balaban J connectivity index is 1.32. The van der Waals surface area contributed by atoms with Crippen LogP contribution in [0, 0.1) is 11.3 Å². The molecule has 1 amide bonds. The zero-order chi connectivity index (χ0) is 25.0. The van der Waals surface area contributed by atoms with Gasteiger partial charge in [0, 0.05) is 25.2 Å². The van der Waals surface area contributed by atoms with Gasteiger partial charge in [-0.1, -0.05) is 51.1 Å². The predicted molar refractivity (Wildman–Crippen MR) is 131 cm³/mol. The zero-order valence-electron chi connectivity index (χ0n) is 20.8. The Morgan fingerprint density at radius 1 is 1.11 bits per heavy atom. The number of hydrogen-bond donors (Lipinski definition) is 1. The third-order valence-electron chi connectivity index (χ3n) is 8.84. The van der Waals surface area contributed by atoms with E-state index in [1.807, 2.05) is 4.90 Å². The van der Waals surface area contributed by atoms with Crippen molar-refractivity contribution < 1.29 is 18.0 Å². The fraction of sp³-hybridized carbons (Fsp3) is 0.552. The summed E-state index contributed by atoms with van der Waals surface area (Å²) in [5.41, 5.74) is 3.23. The van der Waals surface area contributed by atoms with Crippen LogP contribution in [0.25, 0.3) is 0 Å². The Morgan fingerprint density at radius 3 is 2.57 bits per heavy atom. The molecule has 1 aliphatic heterocycles. The highest BCUT2D eigenvalue weighted by atomic mass is 19.4. The Morgan fingerprint density at radius 2 is 1.86 bits per heavy atom. The van der Waals surface area contributed by atoms with E-state index in [9.17, 15) is 18.0 Å². The molecule has 3 nitrogen and oxygen atoms in total. The van der Waals surface area contributed by atoms with Crippen LogP contribution in [0.5, 0.6) is 0 Å². The van der Waals surface area contributed by atoms with Crippen molar-refractivity contribution in [1.82, 2.24) is 10.2 Å². The Hall–Kier alpha value is -2.34. The molecule has 0 aromatic heterocycles. The summed E-state index contributed by atoms with van der Waals surface area (Å²) in [7, 11) is 0. The zero-order valence-corrected chi connectivity index (χ0v) is 20.8. The molecular weight excluding hydrogens is 449 g/mol. The molecule has 2 aromatic carbocycles. The highest BCUT2D eigenvalue weighted by molar-refractivity contribution is 5.84. The molecule has 2 aliphatic carbocycles. The molecule has 4 atom stereocenters. The largest absolute Gasteiger partial charge is 0.416 e. The average Bonchev–Trinajstić information content (AvgIpc) is 3.40. The van der Waals surface area contributed by atoms with Gasteiger partial charge in [0.25, 0.3) is 0 Å². The fourth-order valence-electron chi connectivity index (χ4n) is 6.73. The van der Waals surface area contributed by atoms with Gasteiger partial charge < -0.3 is 10.2 Å². The number of rotatable bonds is 4. The molecule has 5 rings (SSSR count). The lowest BCUT2D eigenvalue weighted by atomic mass is 9.73. The minimum atomic E-state index is -4.37. The van der Waals surface area contributed by atoms with Crippen molar-refractivity contribution in [2.75, 3.05) is 6.54 Å². The van der Waals surface area contributed by atoms with E-state index in [2.05, 4.69) is 50.4 Å². The molecule has 1 heterocycles. The first kappa shape index (κ1) is 24.4. The summed E-state index contributed by atoms with van der Waals surface area (Å²) in [6, 6.07) is 13.2. The normalized spacial score (nSPS) is 28.3. The van der Waals surface area contributed by atoms with Gasteiger partial charge in [0.2, 0.25) is 5.91 Å². The molecule has 188 valence electrons. The van der Waals surface area contributed by atoms with Crippen LogP contribution in [-0.4, -0.2) is 23.4 Å². The number of alkyl halides is 3. The summed E-state index contributed by atoms with van der Waals surface area (Å²) < 4.78 is 39.8. The first-order valence-corrected chi connectivity index (χ1v) is 12.9. The lowest BCUT2D eigenvalue weighted by molar-refractivity contribution is -0.145. The fourth-order valence-corrected chi connectivity index (χ4v) is 6.73. The molecule has 0 spiro atoms. The van der Waals surface area contributed by atoms with Crippen LogP contribution in [0.4, 0.5) is 13.2 Å². The van der Waals surface area contributed by atoms with Gasteiger partial charge in [-0.25, -0.2) is 0 Å². The first-order chi connectivity index (χ1) is 16.6. The van der Waals surface area contributed by atoms with Gasteiger partial charge in [-0.3, -0.25) is 4.79 Å². The van der Waals surface area contributed by atoms with E-state index < -0.39 is 17.2 Å². The number of hydrogen-bond acceptors (Lipinski definition) is 2. The van der Waals surface area contributed by atoms with Crippen molar-refractivity contribution >= 4 is 5.91 Å². The van der Waals surface area contributed by atoms with Crippen molar-refractivity contribution in [1.29, 1.82) is 0 Å². The maximum absolute atomic E-state index is 14.0. The van der Waals surface area contributed by atoms with Gasteiger partial charge >= 0.3 is 6.18 Å². The van der Waals surface area contributed by atoms with E-state index in [1.165, 1.54) is 17.2 Å². The van der Waals surface area contributed by atoms with Crippen LogP contribution in [0.3, 0.4) is 0 Å². The Bertz CT molecular complexity index is 1110. The number of carbonyl (C=O) groups is 1. The highest BCUT2D eigenvalue weighted by Crippen LogP contribution is 2.48. The van der Waals surface area contributed by atoms with Gasteiger partial charge in [-0.2, -0.15) is 13.2 Å². The second-order valence-electron chi connectivity index (χ2n) is 11.2. The number of benzene rings is 2. The average molecular weight is 485 g/mol. The SMILES string of the molecule is CC1CC(N[C@@H]2CC[C@@](C(=O)N3CCc4ccc(C(F)(F)F)cc4C3)(C(C)C)C2)c2ccccc21. The monoisotopic (exact) mass is 484 g/mol. The number of amides is 1. The van der Waals surface area contributed by atoms with Gasteiger partial charge in [-0.05, 0) is 78.3 Å². The summed E-state index contributed by atoms with van der Waals surface area (Å²) in [6.45, 7) is 7.34. The number of nitrogens with zero attached hydrogens (tertiary/aromatic N) is 1. The maximum atomic E-state index is 14.0. The van der Waals surface area contributed by atoms with Gasteiger partial charge in [0.05, 0.1) is 11.0 Å². The first-order valence-electron chi connectivity index (χ1n) is 12.9. The van der Waals surface area contributed by atoms with E-state index in [4.69, 9.17) is 0 Å². The van der Waals surface area contributed by atoms with Crippen LogP contribution in [-0.2, 0) is 23.9 Å². The number of fused-ring (bicyclic) bond motifs is 2. The van der Waals surface area contributed by atoms with Gasteiger partial charge in [-0.15, -0.1) is 0 Å². The smallest absolute Gasteiger partial charge is 0.338 e. The minimum absolute atomic E-state index is 0.111. The molecular formula is C29H35F3N2O. The quantitative estimate of drug-likeness (QED) is 0.529. The third kappa shape index (κ3) is 4.39. The maximum Gasteiger partial charge on any atom is 0.416 e. The minimum Gasteiger partial charge on any atom is -0.338 e. The standard InChI is InChI=1S/C29H35F3N2O/c1-18(2)28(12-10-23(16-28)33-26-14-19(3)24-6-4-5-7-25(24)26)27(35)34-13-11-20-8-9-22(29(30,31)32)15-21(20)17-34/h4-9,15,18-19,23,26,33H,10-14,16-17H2,1-3H3/t19?,23-,26?,28+/m1/s1. The van der Waals surface area contributed by atoms with Crippen LogP contribution in [0.1, 0.15) is 86.2 Å². The van der Waals surface area contributed by atoms with Crippen molar-refractivity contribution in [3.8, 4) is 0 Å². The van der Waals surface area contributed by atoms with Crippen molar-refractivity contribution in [3.05, 3.63) is 70.3 Å². The van der Waals surface area contributed by atoms with E-state index >= 15 is 0 Å². The van der Waals surface area contributed by atoms with Gasteiger partial charge in [0.1, 0.15) is 0 Å². The Labute approximate surface area is 206 Å². The second-order valence-corrected chi connectivity index (χ2v) is 11.2. The lowest BCUT2D eigenvalue weighted by Gasteiger charge is -2.40. The molecule has 3 aliphatic rings. The Kier molecular flexibility index (Phi) is 6.23. The molecule has 2 aromatic rings. The summed E-state index contributed by atoms with van der Waals surface area (Å²) in [5.74, 6) is 0.802. The van der Waals surface area contributed by atoms with Gasteiger partial charge in [0.15, 0.2) is 0 Å².